The molecule has 0 radical (unpaired) electrons. The van der Waals surface area contributed by atoms with Gasteiger partial charge < -0.3 is 9.73 Å². The Labute approximate surface area is 93.5 Å². The fraction of sp³-hybridized carbons (Fsp3) is 0.167. The van der Waals surface area contributed by atoms with E-state index in [1.54, 1.807) is 18.4 Å². The summed E-state index contributed by atoms with van der Waals surface area (Å²) in [5, 5.41) is 11.9. The van der Waals surface area contributed by atoms with Gasteiger partial charge in [-0.15, -0.1) is 0 Å². The van der Waals surface area contributed by atoms with E-state index in [9.17, 15) is 0 Å². The number of nitrogens with zero attached hydrogens (tertiary/aromatic N) is 2. The number of nitriles is 1. The SMILES string of the molecule is Cc1cc(C#N)cc(NCc2ccco2)n1. The Balaban J connectivity index is 2.10. The molecule has 0 fully saturated rings. The quantitative estimate of drug-likeness (QED) is 0.850. The molecule has 0 unspecified atom stereocenters. The van der Waals surface area contributed by atoms with Crippen molar-refractivity contribution in [1.29, 1.82) is 5.26 Å². The molecule has 2 aromatic rings. The van der Waals surface area contributed by atoms with Crippen molar-refractivity contribution >= 4 is 5.82 Å². The van der Waals surface area contributed by atoms with Gasteiger partial charge in [-0.3, -0.25) is 0 Å². The zero-order valence-electron chi connectivity index (χ0n) is 8.90. The van der Waals surface area contributed by atoms with Crippen molar-refractivity contribution in [3.8, 4) is 6.07 Å². The fourth-order valence-corrected chi connectivity index (χ4v) is 1.41. The summed E-state index contributed by atoms with van der Waals surface area (Å²) in [7, 11) is 0. The van der Waals surface area contributed by atoms with Crippen molar-refractivity contribution in [3.05, 3.63) is 47.5 Å². The van der Waals surface area contributed by atoms with E-state index in [1.807, 2.05) is 19.1 Å². The fourth-order valence-electron chi connectivity index (χ4n) is 1.41. The number of anilines is 1. The van der Waals surface area contributed by atoms with Crippen LogP contribution in [0, 0.1) is 18.3 Å². The van der Waals surface area contributed by atoms with Crippen LogP contribution in [0.1, 0.15) is 17.0 Å². The van der Waals surface area contributed by atoms with Crippen LogP contribution in [-0.4, -0.2) is 4.98 Å². The number of furan rings is 1. The van der Waals surface area contributed by atoms with Gasteiger partial charge in [-0.25, -0.2) is 4.98 Å². The average molecular weight is 213 g/mol. The van der Waals surface area contributed by atoms with E-state index in [2.05, 4.69) is 16.4 Å². The van der Waals surface area contributed by atoms with E-state index in [-0.39, 0.29) is 0 Å². The molecule has 2 aromatic heterocycles. The lowest BCUT2D eigenvalue weighted by Gasteiger charge is -2.04. The Morgan fingerprint density at radius 2 is 2.38 bits per heavy atom. The second-order valence-corrected chi connectivity index (χ2v) is 3.43. The minimum Gasteiger partial charge on any atom is -0.467 e. The lowest BCUT2D eigenvalue weighted by molar-refractivity contribution is 0.518. The molecule has 0 aromatic carbocycles. The number of hydrogen-bond donors (Lipinski definition) is 1. The first-order valence-electron chi connectivity index (χ1n) is 4.93. The zero-order chi connectivity index (χ0) is 11.4. The van der Waals surface area contributed by atoms with Gasteiger partial charge in [-0.1, -0.05) is 0 Å². The van der Waals surface area contributed by atoms with Crippen molar-refractivity contribution in [3.63, 3.8) is 0 Å². The molecule has 4 nitrogen and oxygen atoms in total. The van der Waals surface area contributed by atoms with Gasteiger partial charge in [-0.2, -0.15) is 5.26 Å². The summed E-state index contributed by atoms with van der Waals surface area (Å²) in [5.41, 5.74) is 1.43. The molecular formula is C12H11N3O. The molecule has 16 heavy (non-hydrogen) atoms. The molecule has 1 N–H and O–H groups in total. The number of aryl methyl sites for hydroxylation is 1. The molecular weight excluding hydrogens is 202 g/mol. The maximum absolute atomic E-state index is 8.81. The third-order valence-corrected chi connectivity index (χ3v) is 2.11. The lowest BCUT2D eigenvalue weighted by Crippen LogP contribution is -2.01. The van der Waals surface area contributed by atoms with Crippen molar-refractivity contribution in [1.82, 2.24) is 4.98 Å². The Morgan fingerprint density at radius 1 is 1.50 bits per heavy atom. The molecule has 0 aliphatic heterocycles. The summed E-state index contributed by atoms with van der Waals surface area (Å²) >= 11 is 0. The molecule has 0 saturated carbocycles. The van der Waals surface area contributed by atoms with Gasteiger partial charge >= 0.3 is 0 Å². The second-order valence-electron chi connectivity index (χ2n) is 3.43. The van der Waals surface area contributed by atoms with Gasteiger partial charge in [0.2, 0.25) is 0 Å². The highest BCUT2D eigenvalue weighted by Gasteiger charge is 2.00. The van der Waals surface area contributed by atoms with Crippen molar-refractivity contribution in [2.45, 2.75) is 13.5 Å². The molecule has 0 saturated heterocycles. The van der Waals surface area contributed by atoms with Crippen molar-refractivity contribution < 1.29 is 4.42 Å². The molecule has 0 aliphatic rings. The maximum Gasteiger partial charge on any atom is 0.127 e. The summed E-state index contributed by atoms with van der Waals surface area (Å²) in [6, 6.07) is 9.28. The van der Waals surface area contributed by atoms with Crippen LogP contribution in [0.25, 0.3) is 0 Å². The van der Waals surface area contributed by atoms with Gasteiger partial charge in [0.15, 0.2) is 0 Å². The molecule has 0 aliphatic carbocycles. The standard InChI is InChI=1S/C12H11N3O/c1-9-5-10(7-13)6-12(15-9)14-8-11-3-2-4-16-11/h2-6H,8H2,1H3,(H,14,15). The summed E-state index contributed by atoms with van der Waals surface area (Å²) in [4.78, 5) is 4.28. The molecule has 2 heterocycles. The molecule has 0 bridgehead atoms. The Kier molecular flexibility index (Phi) is 2.88. The van der Waals surface area contributed by atoms with Crippen molar-refractivity contribution in [2.75, 3.05) is 5.32 Å². The molecule has 2 rings (SSSR count). The van der Waals surface area contributed by atoms with Gasteiger partial charge in [0.1, 0.15) is 11.6 Å². The van der Waals surface area contributed by atoms with E-state index in [1.165, 1.54) is 0 Å². The van der Waals surface area contributed by atoms with E-state index in [0.29, 0.717) is 17.9 Å². The monoisotopic (exact) mass is 213 g/mol. The number of nitrogens with one attached hydrogen (secondary N) is 1. The highest BCUT2D eigenvalue weighted by Crippen LogP contribution is 2.11. The van der Waals surface area contributed by atoms with Crippen LogP contribution in [0.3, 0.4) is 0 Å². The predicted molar refractivity (Wildman–Crippen MR) is 59.7 cm³/mol. The Bertz CT molecular complexity index is 512. The first-order valence-corrected chi connectivity index (χ1v) is 4.93. The second kappa shape index (κ2) is 4.49. The molecule has 4 heteroatoms. The first kappa shape index (κ1) is 10.2. The Hall–Kier alpha value is -2.28. The molecule has 0 spiro atoms. The summed E-state index contributed by atoms with van der Waals surface area (Å²) < 4.78 is 5.19. The van der Waals surface area contributed by atoms with Gasteiger partial charge in [0.25, 0.3) is 0 Å². The molecule has 0 amide bonds. The number of rotatable bonds is 3. The van der Waals surface area contributed by atoms with Gasteiger partial charge in [0, 0.05) is 5.69 Å². The molecule has 0 atom stereocenters. The Morgan fingerprint density at radius 3 is 3.06 bits per heavy atom. The zero-order valence-corrected chi connectivity index (χ0v) is 8.90. The van der Waals surface area contributed by atoms with Crippen LogP contribution in [0.15, 0.2) is 34.9 Å². The average Bonchev–Trinajstić information content (AvgIpc) is 2.78. The number of pyridine rings is 1. The topological polar surface area (TPSA) is 61.9 Å². The maximum atomic E-state index is 8.81. The summed E-state index contributed by atoms with van der Waals surface area (Å²) in [6.45, 7) is 2.42. The highest BCUT2D eigenvalue weighted by atomic mass is 16.3. The molecule has 80 valence electrons. The summed E-state index contributed by atoms with van der Waals surface area (Å²) in [5.74, 6) is 1.52. The minimum atomic E-state index is 0.564. The number of aromatic nitrogens is 1. The van der Waals surface area contributed by atoms with Crippen molar-refractivity contribution in [2.24, 2.45) is 0 Å². The van der Waals surface area contributed by atoms with Gasteiger partial charge in [0.05, 0.1) is 24.4 Å². The minimum absolute atomic E-state index is 0.564. The smallest absolute Gasteiger partial charge is 0.127 e. The van der Waals surface area contributed by atoms with Crippen LogP contribution in [-0.2, 0) is 6.54 Å². The van der Waals surface area contributed by atoms with E-state index < -0.39 is 0 Å². The summed E-state index contributed by atoms with van der Waals surface area (Å²) in [6.07, 6.45) is 1.63. The first-order chi connectivity index (χ1) is 7.78. The van der Waals surface area contributed by atoms with E-state index >= 15 is 0 Å². The van der Waals surface area contributed by atoms with Crippen LogP contribution in [0.2, 0.25) is 0 Å². The predicted octanol–water partition coefficient (Wildman–Crippen LogP) is 2.47. The van der Waals surface area contributed by atoms with Crippen LogP contribution >= 0.6 is 0 Å². The van der Waals surface area contributed by atoms with E-state index in [4.69, 9.17) is 9.68 Å². The lowest BCUT2D eigenvalue weighted by atomic mass is 10.2. The normalized spacial score (nSPS) is 9.75. The largest absolute Gasteiger partial charge is 0.467 e. The van der Waals surface area contributed by atoms with Crippen LogP contribution in [0.5, 0.6) is 0 Å². The van der Waals surface area contributed by atoms with Gasteiger partial charge in [-0.05, 0) is 31.2 Å². The third-order valence-electron chi connectivity index (χ3n) is 2.11. The van der Waals surface area contributed by atoms with Crippen LogP contribution < -0.4 is 5.32 Å². The highest BCUT2D eigenvalue weighted by molar-refractivity contribution is 5.44. The third kappa shape index (κ3) is 2.39. The van der Waals surface area contributed by atoms with Crippen LogP contribution in [0.4, 0.5) is 5.82 Å². The number of hydrogen-bond acceptors (Lipinski definition) is 4. The van der Waals surface area contributed by atoms with E-state index in [0.717, 1.165) is 11.5 Å².